The summed E-state index contributed by atoms with van der Waals surface area (Å²) in [6.45, 7) is 4.02. The molecule has 3 heterocycles. The Morgan fingerprint density at radius 3 is 2.73 bits per heavy atom. The van der Waals surface area contributed by atoms with Crippen LogP contribution >= 0.6 is 0 Å². The van der Waals surface area contributed by atoms with Crippen LogP contribution < -0.4 is 10.6 Å². The van der Waals surface area contributed by atoms with Crippen molar-refractivity contribution in [3.05, 3.63) is 96.1 Å². The Bertz CT molecular complexity index is 1460. The van der Waals surface area contributed by atoms with Crippen LogP contribution in [0.3, 0.4) is 0 Å². The molecule has 2 aromatic carbocycles. The zero-order valence-corrected chi connectivity index (χ0v) is 18.3. The van der Waals surface area contributed by atoms with Crippen molar-refractivity contribution in [2.45, 2.75) is 13.8 Å². The minimum absolute atomic E-state index is 0.200. The van der Waals surface area contributed by atoms with Crippen LogP contribution in [0.25, 0.3) is 22.2 Å². The number of fused-ring (bicyclic) bond motifs is 1. The van der Waals surface area contributed by atoms with Crippen LogP contribution in [0.1, 0.15) is 21.6 Å². The lowest BCUT2D eigenvalue weighted by molar-refractivity contribution is 0.102. The number of carbonyl (C=O) groups is 1. The first-order valence-electron chi connectivity index (χ1n) is 10.6. The largest absolute Gasteiger partial charge is 0.351 e. The van der Waals surface area contributed by atoms with Crippen LogP contribution in [0, 0.1) is 13.8 Å². The summed E-state index contributed by atoms with van der Waals surface area (Å²) in [4.78, 5) is 29.1. The molecule has 0 aliphatic carbocycles. The van der Waals surface area contributed by atoms with Crippen molar-refractivity contribution in [3.8, 4) is 11.3 Å². The fourth-order valence-electron chi connectivity index (χ4n) is 3.62. The number of aromatic amines is 1. The second-order valence-electron chi connectivity index (χ2n) is 7.89. The average molecular weight is 435 g/mol. The van der Waals surface area contributed by atoms with Gasteiger partial charge in [-0.15, -0.1) is 0 Å². The van der Waals surface area contributed by atoms with Crippen molar-refractivity contribution in [1.82, 2.24) is 19.9 Å². The third-order valence-electron chi connectivity index (χ3n) is 5.38. The normalized spacial score (nSPS) is 10.8. The lowest BCUT2D eigenvalue weighted by Gasteiger charge is -2.12. The van der Waals surface area contributed by atoms with Crippen molar-refractivity contribution >= 4 is 34.1 Å². The lowest BCUT2D eigenvalue weighted by Crippen LogP contribution is -2.12. The fourth-order valence-corrected chi connectivity index (χ4v) is 3.62. The third kappa shape index (κ3) is 4.43. The number of aryl methyl sites for hydroxylation is 2. The Kier molecular flexibility index (Phi) is 5.28. The van der Waals surface area contributed by atoms with E-state index in [4.69, 9.17) is 0 Å². The molecule has 0 aliphatic heterocycles. The van der Waals surface area contributed by atoms with Crippen LogP contribution in [0.15, 0.2) is 79.3 Å². The van der Waals surface area contributed by atoms with Crippen LogP contribution in [0.4, 0.5) is 17.3 Å². The Morgan fingerprint density at radius 1 is 0.970 bits per heavy atom. The Balaban J connectivity index is 1.36. The number of benzene rings is 2. The number of hydrogen-bond donors (Lipinski definition) is 3. The molecule has 7 heteroatoms. The first-order valence-corrected chi connectivity index (χ1v) is 10.6. The minimum Gasteiger partial charge on any atom is -0.351 e. The van der Waals surface area contributed by atoms with Gasteiger partial charge in [-0.3, -0.25) is 9.78 Å². The molecule has 5 aromatic rings. The van der Waals surface area contributed by atoms with E-state index in [1.54, 1.807) is 18.6 Å². The molecular formula is C26H22N6O. The van der Waals surface area contributed by atoms with Crippen molar-refractivity contribution in [3.63, 3.8) is 0 Å². The number of H-pyrrole nitrogens is 1. The predicted octanol–water partition coefficient (Wildman–Crippen LogP) is 5.63. The van der Waals surface area contributed by atoms with Gasteiger partial charge in [0.1, 0.15) is 5.69 Å². The molecule has 7 nitrogen and oxygen atoms in total. The third-order valence-corrected chi connectivity index (χ3v) is 5.38. The number of carbonyl (C=O) groups excluding carboxylic acids is 1. The molecule has 1 amide bonds. The van der Waals surface area contributed by atoms with Gasteiger partial charge in [-0.25, -0.2) is 9.97 Å². The molecule has 3 aromatic heterocycles. The van der Waals surface area contributed by atoms with E-state index in [0.29, 0.717) is 17.3 Å². The van der Waals surface area contributed by atoms with Crippen LogP contribution in [-0.2, 0) is 0 Å². The average Bonchev–Trinajstić information content (AvgIpc) is 3.25. The van der Waals surface area contributed by atoms with Gasteiger partial charge < -0.3 is 15.6 Å². The van der Waals surface area contributed by atoms with Crippen LogP contribution in [-0.4, -0.2) is 25.8 Å². The van der Waals surface area contributed by atoms with E-state index in [-0.39, 0.29) is 5.91 Å². The molecule has 5 rings (SSSR count). The predicted molar refractivity (Wildman–Crippen MR) is 131 cm³/mol. The Morgan fingerprint density at radius 2 is 1.88 bits per heavy atom. The zero-order chi connectivity index (χ0) is 22.8. The summed E-state index contributed by atoms with van der Waals surface area (Å²) in [7, 11) is 0. The highest BCUT2D eigenvalue weighted by Crippen LogP contribution is 2.25. The van der Waals surface area contributed by atoms with Gasteiger partial charge in [-0.05, 0) is 67.9 Å². The van der Waals surface area contributed by atoms with Gasteiger partial charge in [0.05, 0.1) is 5.69 Å². The molecule has 0 radical (unpaired) electrons. The molecule has 0 aliphatic rings. The van der Waals surface area contributed by atoms with E-state index in [9.17, 15) is 4.79 Å². The quantitative estimate of drug-likeness (QED) is 0.333. The maximum atomic E-state index is 12.8. The minimum atomic E-state index is -0.200. The van der Waals surface area contributed by atoms with E-state index >= 15 is 0 Å². The SMILES string of the molecule is Cc1ccc2[nH]c(C(=O)Nc3ccc(C)c(Nc4nccc(-c5cccnc5)n4)c3)cc2c1. The van der Waals surface area contributed by atoms with Crippen molar-refractivity contribution in [2.75, 3.05) is 10.6 Å². The summed E-state index contributed by atoms with van der Waals surface area (Å²) in [5, 5.41) is 7.24. The zero-order valence-electron chi connectivity index (χ0n) is 18.3. The summed E-state index contributed by atoms with van der Waals surface area (Å²) in [6, 6.07) is 19.3. The number of hydrogen-bond acceptors (Lipinski definition) is 5. The van der Waals surface area contributed by atoms with Crippen LogP contribution in [0.2, 0.25) is 0 Å². The standard InChI is InChI=1S/C26H22N6O/c1-16-5-8-21-19(12-16)13-24(30-21)25(33)29-20-7-6-17(2)23(14-20)32-26-28-11-9-22(31-26)18-4-3-10-27-15-18/h3-15,30H,1-2H3,(H,29,33)(H,28,31,32). The number of pyridine rings is 1. The summed E-state index contributed by atoms with van der Waals surface area (Å²) < 4.78 is 0. The van der Waals surface area contributed by atoms with Gasteiger partial charge in [-0.2, -0.15) is 0 Å². The number of amides is 1. The number of rotatable bonds is 5. The number of nitrogens with zero attached hydrogens (tertiary/aromatic N) is 3. The van der Waals surface area contributed by atoms with Gasteiger partial charge in [-0.1, -0.05) is 17.7 Å². The lowest BCUT2D eigenvalue weighted by atomic mass is 10.1. The monoisotopic (exact) mass is 434 g/mol. The van der Waals surface area contributed by atoms with Crippen molar-refractivity contribution < 1.29 is 4.79 Å². The molecule has 0 fully saturated rings. The molecule has 0 saturated heterocycles. The smallest absolute Gasteiger partial charge is 0.272 e. The van der Waals surface area contributed by atoms with Gasteiger partial charge in [0.2, 0.25) is 5.95 Å². The molecule has 0 bridgehead atoms. The molecule has 3 N–H and O–H groups in total. The number of nitrogens with one attached hydrogen (secondary N) is 3. The van der Waals surface area contributed by atoms with Gasteiger partial charge >= 0.3 is 0 Å². The molecule has 162 valence electrons. The molecule has 0 spiro atoms. The van der Waals surface area contributed by atoms with Crippen molar-refractivity contribution in [2.24, 2.45) is 0 Å². The summed E-state index contributed by atoms with van der Waals surface area (Å²) in [5.41, 5.74) is 6.77. The molecule has 0 unspecified atom stereocenters. The van der Waals surface area contributed by atoms with E-state index in [1.807, 2.05) is 68.4 Å². The van der Waals surface area contributed by atoms with E-state index < -0.39 is 0 Å². The van der Waals surface area contributed by atoms with Crippen molar-refractivity contribution in [1.29, 1.82) is 0 Å². The summed E-state index contributed by atoms with van der Waals surface area (Å²) in [5.74, 6) is 0.266. The second-order valence-corrected chi connectivity index (χ2v) is 7.89. The van der Waals surface area contributed by atoms with E-state index in [0.717, 1.165) is 39.0 Å². The molecule has 0 atom stereocenters. The summed E-state index contributed by atoms with van der Waals surface area (Å²) in [6.07, 6.45) is 5.19. The highest BCUT2D eigenvalue weighted by Gasteiger charge is 2.12. The van der Waals surface area contributed by atoms with Gasteiger partial charge in [0.25, 0.3) is 5.91 Å². The van der Waals surface area contributed by atoms with E-state index in [1.165, 1.54) is 0 Å². The Hall–Kier alpha value is -4.52. The van der Waals surface area contributed by atoms with Crippen LogP contribution in [0.5, 0.6) is 0 Å². The molecule has 33 heavy (non-hydrogen) atoms. The number of aromatic nitrogens is 4. The maximum absolute atomic E-state index is 12.8. The maximum Gasteiger partial charge on any atom is 0.272 e. The number of anilines is 3. The first kappa shape index (κ1) is 20.4. The van der Waals surface area contributed by atoms with Gasteiger partial charge in [0.15, 0.2) is 0 Å². The van der Waals surface area contributed by atoms with E-state index in [2.05, 4.69) is 36.6 Å². The highest BCUT2D eigenvalue weighted by molar-refractivity contribution is 6.06. The fraction of sp³-hybridized carbons (Fsp3) is 0.0769. The molecule has 0 saturated carbocycles. The second kappa shape index (κ2) is 8.55. The topological polar surface area (TPSA) is 95.6 Å². The molecular weight excluding hydrogens is 412 g/mol. The first-order chi connectivity index (χ1) is 16.0. The van der Waals surface area contributed by atoms with Gasteiger partial charge in [0, 0.05) is 46.4 Å². The highest BCUT2D eigenvalue weighted by atomic mass is 16.1. The summed E-state index contributed by atoms with van der Waals surface area (Å²) >= 11 is 0. The Labute approximate surface area is 191 Å².